The van der Waals surface area contributed by atoms with Crippen LogP contribution in [-0.2, 0) is 14.4 Å². The van der Waals surface area contributed by atoms with E-state index in [4.69, 9.17) is 0 Å². The number of nitrogens with one attached hydrogen (secondary N) is 3. The average molecular weight is 413 g/mol. The molecule has 8 heteroatoms. The smallest absolute Gasteiger partial charge is 0.257 e. The molecule has 1 aliphatic rings. The molecular formula is C21H24N4O3S. The van der Waals surface area contributed by atoms with Crippen LogP contribution in [0.3, 0.4) is 0 Å². The molecule has 1 saturated heterocycles. The molecule has 3 N–H and O–H groups in total. The maximum Gasteiger partial charge on any atom is 0.257 e. The molecule has 152 valence electrons. The molecule has 1 aliphatic heterocycles. The molecule has 0 saturated carbocycles. The van der Waals surface area contributed by atoms with Crippen LogP contribution in [0.4, 0.5) is 11.4 Å². The van der Waals surface area contributed by atoms with E-state index >= 15 is 0 Å². The number of hydrogen-bond acceptors (Lipinski definition) is 5. The van der Waals surface area contributed by atoms with Gasteiger partial charge in [-0.25, -0.2) is 0 Å². The second-order valence-electron chi connectivity index (χ2n) is 6.86. The van der Waals surface area contributed by atoms with Gasteiger partial charge in [-0.1, -0.05) is 17.7 Å². The lowest BCUT2D eigenvalue weighted by molar-refractivity contribution is -0.130. The largest absolute Gasteiger partial charge is 0.376 e. The zero-order chi connectivity index (χ0) is 20.8. The Labute approximate surface area is 174 Å². The first kappa shape index (κ1) is 20.7. The fourth-order valence-corrected chi connectivity index (χ4v) is 3.43. The van der Waals surface area contributed by atoms with Crippen molar-refractivity contribution in [2.75, 3.05) is 29.6 Å². The molecular weight excluding hydrogens is 388 g/mol. The molecule has 0 bridgehead atoms. The van der Waals surface area contributed by atoms with E-state index in [2.05, 4.69) is 16.2 Å². The predicted molar refractivity (Wildman–Crippen MR) is 115 cm³/mol. The molecule has 0 aliphatic carbocycles. The predicted octanol–water partition coefficient (Wildman–Crippen LogP) is 2.33. The van der Waals surface area contributed by atoms with E-state index in [-0.39, 0.29) is 30.7 Å². The quantitative estimate of drug-likeness (QED) is 0.500. The number of nitrogens with zero attached hydrogens (tertiary/aromatic N) is 1. The summed E-state index contributed by atoms with van der Waals surface area (Å²) < 4.78 is 0. The fourth-order valence-electron chi connectivity index (χ4n) is 3.03. The minimum atomic E-state index is -0.506. The van der Waals surface area contributed by atoms with Crippen molar-refractivity contribution < 1.29 is 14.4 Å². The Morgan fingerprint density at radius 3 is 2.41 bits per heavy atom. The van der Waals surface area contributed by atoms with Crippen molar-refractivity contribution in [1.29, 1.82) is 0 Å². The highest BCUT2D eigenvalue weighted by atomic mass is 32.2. The first-order chi connectivity index (χ1) is 14.0. The summed E-state index contributed by atoms with van der Waals surface area (Å²) in [4.78, 5) is 39.3. The van der Waals surface area contributed by atoms with Gasteiger partial charge in [-0.15, -0.1) is 11.8 Å². The Bertz CT molecular complexity index is 884. The lowest BCUT2D eigenvalue weighted by atomic mass is 10.1. The number of hydrogen-bond donors (Lipinski definition) is 3. The number of hydrazine groups is 1. The van der Waals surface area contributed by atoms with Gasteiger partial charge in [-0.05, 0) is 49.6 Å². The SMILES string of the molecule is CSc1ccc(N2C[C@H](C(=O)NNC(=O)CNc3ccc(C)cc3)CC2=O)cc1. The highest BCUT2D eigenvalue weighted by Crippen LogP contribution is 2.27. The maximum absolute atomic E-state index is 12.4. The van der Waals surface area contributed by atoms with Gasteiger partial charge in [-0.3, -0.25) is 25.2 Å². The van der Waals surface area contributed by atoms with Crippen LogP contribution < -0.4 is 21.1 Å². The van der Waals surface area contributed by atoms with Crippen molar-refractivity contribution in [3.8, 4) is 0 Å². The van der Waals surface area contributed by atoms with Crippen molar-refractivity contribution in [3.63, 3.8) is 0 Å². The van der Waals surface area contributed by atoms with Gasteiger partial charge in [-0.2, -0.15) is 0 Å². The van der Waals surface area contributed by atoms with E-state index < -0.39 is 5.92 Å². The van der Waals surface area contributed by atoms with Gasteiger partial charge >= 0.3 is 0 Å². The molecule has 0 unspecified atom stereocenters. The Kier molecular flexibility index (Phi) is 6.77. The van der Waals surface area contributed by atoms with E-state index in [0.29, 0.717) is 6.54 Å². The summed E-state index contributed by atoms with van der Waals surface area (Å²) in [5.41, 5.74) is 7.54. The van der Waals surface area contributed by atoms with Crippen LogP contribution in [0.15, 0.2) is 53.4 Å². The lowest BCUT2D eigenvalue weighted by Crippen LogP contribution is -2.47. The molecule has 2 aromatic carbocycles. The molecule has 0 aromatic heterocycles. The standard InChI is InChI=1S/C21H24N4O3S/c1-14-3-5-16(6-4-14)22-12-19(26)23-24-21(28)15-11-20(27)25(13-15)17-7-9-18(29-2)10-8-17/h3-10,15,22H,11-13H2,1-2H3,(H,23,26)(H,24,28)/t15-/m1/s1. The van der Waals surface area contributed by atoms with Crippen LogP contribution in [-0.4, -0.2) is 37.1 Å². The van der Waals surface area contributed by atoms with Crippen LogP contribution in [0.2, 0.25) is 0 Å². The monoisotopic (exact) mass is 412 g/mol. The second-order valence-corrected chi connectivity index (χ2v) is 7.74. The van der Waals surface area contributed by atoms with Crippen LogP contribution in [0, 0.1) is 12.8 Å². The Morgan fingerprint density at radius 2 is 1.76 bits per heavy atom. The molecule has 2 aromatic rings. The lowest BCUT2D eigenvalue weighted by Gasteiger charge is -2.17. The van der Waals surface area contributed by atoms with Gasteiger partial charge in [0.15, 0.2) is 0 Å². The van der Waals surface area contributed by atoms with Gasteiger partial charge in [0.25, 0.3) is 5.91 Å². The summed E-state index contributed by atoms with van der Waals surface area (Å²) in [6.45, 7) is 2.31. The van der Waals surface area contributed by atoms with E-state index in [1.54, 1.807) is 16.7 Å². The van der Waals surface area contributed by atoms with Crippen molar-refractivity contribution in [1.82, 2.24) is 10.9 Å². The molecule has 1 fully saturated rings. The number of aryl methyl sites for hydroxylation is 1. The minimum Gasteiger partial charge on any atom is -0.376 e. The molecule has 3 amide bonds. The zero-order valence-corrected chi connectivity index (χ0v) is 17.2. The van der Waals surface area contributed by atoms with E-state index in [1.165, 1.54) is 0 Å². The number of amides is 3. The first-order valence-corrected chi connectivity index (χ1v) is 10.5. The van der Waals surface area contributed by atoms with Gasteiger partial charge in [0.2, 0.25) is 11.8 Å². The molecule has 1 atom stereocenters. The van der Waals surface area contributed by atoms with Crippen LogP contribution in [0.25, 0.3) is 0 Å². The average Bonchev–Trinajstić information content (AvgIpc) is 3.13. The Hall–Kier alpha value is -3.00. The summed E-state index contributed by atoms with van der Waals surface area (Å²) in [6.07, 6.45) is 2.11. The minimum absolute atomic E-state index is 0.0286. The summed E-state index contributed by atoms with van der Waals surface area (Å²) in [5, 5.41) is 2.98. The highest BCUT2D eigenvalue weighted by Gasteiger charge is 2.35. The van der Waals surface area contributed by atoms with Crippen LogP contribution in [0.5, 0.6) is 0 Å². The van der Waals surface area contributed by atoms with Gasteiger partial charge in [0.1, 0.15) is 0 Å². The number of rotatable bonds is 6. The molecule has 0 radical (unpaired) electrons. The van der Waals surface area contributed by atoms with Crippen LogP contribution >= 0.6 is 11.8 Å². The summed E-state index contributed by atoms with van der Waals surface area (Å²) in [5.74, 6) is -1.35. The van der Waals surface area contributed by atoms with Gasteiger partial charge < -0.3 is 10.2 Å². The van der Waals surface area contributed by atoms with E-state index in [1.807, 2.05) is 61.7 Å². The van der Waals surface area contributed by atoms with Crippen LogP contribution in [0.1, 0.15) is 12.0 Å². The Balaban J connectivity index is 1.46. The normalized spacial score (nSPS) is 15.9. The van der Waals surface area contributed by atoms with Crippen molar-refractivity contribution in [3.05, 3.63) is 54.1 Å². The number of carbonyl (C=O) groups excluding carboxylic acids is 3. The van der Waals surface area contributed by atoms with Gasteiger partial charge in [0.05, 0.1) is 12.5 Å². The van der Waals surface area contributed by atoms with Gasteiger partial charge in [0, 0.05) is 29.2 Å². The topological polar surface area (TPSA) is 90.5 Å². The fraction of sp³-hybridized carbons (Fsp3) is 0.286. The number of anilines is 2. The van der Waals surface area contributed by atoms with E-state index in [9.17, 15) is 14.4 Å². The third-order valence-corrected chi connectivity index (χ3v) is 5.45. The molecule has 1 heterocycles. The summed E-state index contributed by atoms with van der Waals surface area (Å²) >= 11 is 1.63. The first-order valence-electron chi connectivity index (χ1n) is 9.30. The van der Waals surface area contributed by atoms with Crippen molar-refractivity contribution >= 4 is 40.9 Å². The third kappa shape index (κ3) is 5.51. The van der Waals surface area contributed by atoms with E-state index in [0.717, 1.165) is 21.8 Å². The Morgan fingerprint density at radius 1 is 1.07 bits per heavy atom. The highest BCUT2D eigenvalue weighted by molar-refractivity contribution is 7.98. The maximum atomic E-state index is 12.4. The molecule has 7 nitrogen and oxygen atoms in total. The molecule has 3 rings (SSSR count). The third-order valence-electron chi connectivity index (χ3n) is 4.71. The number of benzene rings is 2. The number of thioether (sulfide) groups is 1. The molecule has 29 heavy (non-hydrogen) atoms. The second kappa shape index (κ2) is 9.47. The van der Waals surface area contributed by atoms with Crippen molar-refractivity contribution in [2.24, 2.45) is 5.92 Å². The number of carbonyl (C=O) groups is 3. The van der Waals surface area contributed by atoms with Crippen molar-refractivity contribution in [2.45, 2.75) is 18.2 Å². The molecule has 0 spiro atoms. The zero-order valence-electron chi connectivity index (χ0n) is 16.4. The summed E-state index contributed by atoms with van der Waals surface area (Å²) in [7, 11) is 0. The summed E-state index contributed by atoms with van der Waals surface area (Å²) in [6, 6.07) is 15.3.